The van der Waals surface area contributed by atoms with Crippen molar-refractivity contribution >= 4 is 15.9 Å². The van der Waals surface area contributed by atoms with Gasteiger partial charge in [0, 0.05) is 0 Å². The van der Waals surface area contributed by atoms with E-state index < -0.39 is 38.6 Å². The van der Waals surface area contributed by atoms with Crippen LogP contribution in [0.5, 0.6) is 5.75 Å². The van der Waals surface area contributed by atoms with Crippen molar-refractivity contribution < 1.29 is 31.1 Å². The number of ether oxygens (including phenoxy) is 1. The first kappa shape index (κ1) is 21.7. The quantitative estimate of drug-likeness (QED) is 0.648. The molecule has 1 unspecified atom stereocenters. The lowest BCUT2D eigenvalue weighted by Gasteiger charge is -2.17. The summed E-state index contributed by atoms with van der Waals surface area (Å²) in [5, 5.41) is 2.46. The van der Waals surface area contributed by atoms with Crippen molar-refractivity contribution in [2.75, 3.05) is 13.2 Å². The zero-order valence-corrected chi connectivity index (χ0v) is 15.7. The van der Waals surface area contributed by atoms with Gasteiger partial charge in [-0.3, -0.25) is 4.79 Å². The third kappa shape index (κ3) is 5.96. The molecule has 0 aliphatic rings. The summed E-state index contributed by atoms with van der Waals surface area (Å²) in [6.45, 7) is 1.48. The van der Waals surface area contributed by atoms with Crippen molar-refractivity contribution in [2.24, 2.45) is 0 Å². The molecule has 0 aliphatic carbocycles. The summed E-state index contributed by atoms with van der Waals surface area (Å²) in [7, 11) is -4.55. The summed E-state index contributed by atoms with van der Waals surface area (Å²) in [5.74, 6) is -0.0843. The third-order valence-corrected chi connectivity index (χ3v) is 5.22. The van der Waals surface area contributed by atoms with E-state index in [1.54, 1.807) is 24.3 Å². The van der Waals surface area contributed by atoms with E-state index in [1.807, 2.05) is 10.8 Å². The number of alkyl halides is 3. The van der Waals surface area contributed by atoms with Crippen molar-refractivity contribution in [3.63, 3.8) is 0 Å². The molecule has 2 N–H and O–H groups in total. The van der Waals surface area contributed by atoms with E-state index in [0.717, 1.165) is 12.1 Å². The van der Waals surface area contributed by atoms with Gasteiger partial charge in [0.25, 0.3) is 0 Å². The molecular weight excluding hydrogens is 397 g/mol. The number of carbonyl (C=O) groups is 1. The van der Waals surface area contributed by atoms with Crippen LogP contribution in [-0.4, -0.2) is 33.5 Å². The fourth-order valence-corrected chi connectivity index (χ4v) is 3.73. The Hall–Kier alpha value is -2.59. The zero-order chi connectivity index (χ0) is 20.8. The van der Waals surface area contributed by atoms with Gasteiger partial charge in [0.05, 0.1) is 23.0 Å². The maximum Gasteiger partial charge on any atom is 0.417 e. The fraction of sp³-hybridized carbons (Fsp3) is 0.278. The number of hydrogen-bond acceptors (Lipinski definition) is 4. The molecule has 0 aliphatic heterocycles. The van der Waals surface area contributed by atoms with E-state index in [4.69, 9.17) is 4.74 Å². The molecule has 0 saturated heterocycles. The lowest BCUT2D eigenvalue weighted by molar-refractivity contribution is -0.139. The molecule has 0 bridgehead atoms. The van der Waals surface area contributed by atoms with Gasteiger partial charge in [-0.05, 0) is 31.2 Å². The van der Waals surface area contributed by atoms with E-state index in [2.05, 4.69) is 5.32 Å². The lowest BCUT2D eigenvalue weighted by atomic mass is 10.2. The highest BCUT2D eigenvalue weighted by Gasteiger charge is 2.37. The largest absolute Gasteiger partial charge is 0.492 e. The summed E-state index contributed by atoms with van der Waals surface area (Å²) in [5.41, 5.74) is -1.30. The summed E-state index contributed by atoms with van der Waals surface area (Å²) in [4.78, 5) is 11.1. The third-order valence-electron chi connectivity index (χ3n) is 3.62. The van der Waals surface area contributed by atoms with Crippen LogP contribution in [0.15, 0.2) is 59.5 Å². The first-order chi connectivity index (χ1) is 13.1. The second-order valence-electron chi connectivity index (χ2n) is 5.79. The summed E-state index contributed by atoms with van der Waals surface area (Å²) in [6.07, 6.45) is -4.84. The van der Waals surface area contributed by atoms with Crippen molar-refractivity contribution in [1.29, 1.82) is 0 Å². The van der Waals surface area contributed by atoms with E-state index >= 15 is 0 Å². The number of benzene rings is 2. The van der Waals surface area contributed by atoms with Crippen LogP contribution in [0.4, 0.5) is 13.2 Å². The van der Waals surface area contributed by atoms with Crippen LogP contribution in [0, 0.1) is 0 Å². The SMILES string of the molecule is CC(NS(=O)(=O)c1ccccc1C(F)(F)F)C(=O)NCCOc1ccccc1. The summed E-state index contributed by atoms with van der Waals surface area (Å²) in [6, 6.07) is 11.3. The molecule has 2 rings (SSSR count). The van der Waals surface area contributed by atoms with Crippen LogP contribution >= 0.6 is 0 Å². The minimum atomic E-state index is -4.84. The molecule has 0 saturated carbocycles. The van der Waals surface area contributed by atoms with Crippen molar-refractivity contribution in [1.82, 2.24) is 10.0 Å². The van der Waals surface area contributed by atoms with Gasteiger partial charge in [-0.2, -0.15) is 17.9 Å². The number of sulfonamides is 1. The summed E-state index contributed by atoms with van der Waals surface area (Å²) >= 11 is 0. The standard InChI is InChI=1S/C18H19F3N2O4S/c1-13(17(24)22-11-12-27-14-7-3-2-4-8-14)23-28(25,26)16-10-6-5-9-15(16)18(19,20)21/h2-10,13,23H,11-12H2,1H3,(H,22,24). The highest BCUT2D eigenvalue weighted by molar-refractivity contribution is 7.89. The van der Waals surface area contributed by atoms with E-state index in [1.165, 1.54) is 13.0 Å². The van der Waals surface area contributed by atoms with Crippen LogP contribution < -0.4 is 14.8 Å². The molecular formula is C18H19F3N2O4S. The minimum Gasteiger partial charge on any atom is -0.492 e. The lowest BCUT2D eigenvalue weighted by Crippen LogP contribution is -2.45. The Morgan fingerprint density at radius 3 is 2.32 bits per heavy atom. The van der Waals surface area contributed by atoms with Crippen molar-refractivity contribution in [3.8, 4) is 5.75 Å². The molecule has 10 heteroatoms. The van der Waals surface area contributed by atoms with Crippen LogP contribution in [-0.2, 0) is 21.0 Å². The number of halogens is 3. The van der Waals surface area contributed by atoms with Gasteiger partial charge in [-0.1, -0.05) is 30.3 Å². The normalized spacial score (nSPS) is 13.0. The van der Waals surface area contributed by atoms with Crippen LogP contribution in [0.3, 0.4) is 0 Å². The minimum absolute atomic E-state index is 0.0962. The molecule has 0 fully saturated rings. The Morgan fingerprint density at radius 2 is 1.68 bits per heavy atom. The van der Waals surface area contributed by atoms with Crippen LogP contribution in [0.2, 0.25) is 0 Å². The van der Waals surface area contributed by atoms with E-state index in [-0.39, 0.29) is 13.2 Å². The molecule has 6 nitrogen and oxygen atoms in total. The van der Waals surface area contributed by atoms with Gasteiger partial charge < -0.3 is 10.1 Å². The predicted molar refractivity (Wildman–Crippen MR) is 96.2 cm³/mol. The second kappa shape index (κ2) is 9.07. The molecule has 0 radical (unpaired) electrons. The van der Waals surface area contributed by atoms with E-state index in [9.17, 15) is 26.4 Å². The van der Waals surface area contributed by atoms with E-state index in [0.29, 0.717) is 11.8 Å². The first-order valence-electron chi connectivity index (χ1n) is 8.25. The maximum absolute atomic E-state index is 13.0. The number of carbonyl (C=O) groups excluding carboxylic acids is 1. The predicted octanol–water partition coefficient (Wildman–Crippen LogP) is 2.57. The number of nitrogens with one attached hydrogen (secondary N) is 2. The van der Waals surface area contributed by atoms with Gasteiger partial charge in [-0.25, -0.2) is 8.42 Å². The van der Waals surface area contributed by atoms with Gasteiger partial charge in [-0.15, -0.1) is 0 Å². The molecule has 2 aromatic rings. The smallest absolute Gasteiger partial charge is 0.417 e. The number of hydrogen-bond donors (Lipinski definition) is 2. The molecule has 28 heavy (non-hydrogen) atoms. The van der Waals surface area contributed by atoms with Crippen LogP contribution in [0.25, 0.3) is 0 Å². The number of para-hydroxylation sites is 1. The van der Waals surface area contributed by atoms with Crippen molar-refractivity contribution in [3.05, 3.63) is 60.2 Å². The zero-order valence-electron chi connectivity index (χ0n) is 14.9. The molecule has 1 amide bonds. The van der Waals surface area contributed by atoms with Crippen LogP contribution in [0.1, 0.15) is 12.5 Å². The average Bonchev–Trinajstić information content (AvgIpc) is 2.65. The Morgan fingerprint density at radius 1 is 1.07 bits per heavy atom. The number of amides is 1. The molecule has 0 spiro atoms. The maximum atomic E-state index is 13.0. The average molecular weight is 416 g/mol. The Balaban J connectivity index is 1.94. The molecule has 0 heterocycles. The van der Waals surface area contributed by atoms with Gasteiger partial charge in [0.2, 0.25) is 15.9 Å². The van der Waals surface area contributed by atoms with Gasteiger partial charge >= 0.3 is 6.18 Å². The Kier molecular flexibility index (Phi) is 7.03. The molecule has 1 atom stereocenters. The summed E-state index contributed by atoms with van der Waals surface area (Å²) < 4.78 is 71.1. The highest BCUT2D eigenvalue weighted by atomic mass is 32.2. The second-order valence-corrected chi connectivity index (χ2v) is 7.47. The molecule has 0 aromatic heterocycles. The Labute approximate surface area is 160 Å². The van der Waals surface area contributed by atoms with Gasteiger partial charge in [0.1, 0.15) is 12.4 Å². The molecule has 152 valence electrons. The highest BCUT2D eigenvalue weighted by Crippen LogP contribution is 2.33. The topological polar surface area (TPSA) is 84.5 Å². The van der Waals surface area contributed by atoms with Gasteiger partial charge in [0.15, 0.2) is 0 Å². The Bertz CT molecular complexity index is 903. The first-order valence-corrected chi connectivity index (χ1v) is 9.73. The monoisotopic (exact) mass is 416 g/mol. The molecule has 2 aromatic carbocycles. The van der Waals surface area contributed by atoms with Crippen molar-refractivity contribution in [2.45, 2.75) is 24.0 Å². The number of rotatable bonds is 8. The fourth-order valence-electron chi connectivity index (χ4n) is 2.30.